The number of hydrogen-bond donors (Lipinski definition) is 2. The number of rotatable bonds is 11. The second-order valence-corrected chi connectivity index (χ2v) is 15.7. The lowest BCUT2D eigenvalue weighted by molar-refractivity contribution is 0.0283. The van der Waals surface area contributed by atoms with E-state index in [0.717, 1.165) is 57.5 Å². The molecular formula is C43H49F2N7O4. The van der Waals surface area contributed by atoms with Gasteiger partial charge in [0.15, 0.2) is 23.0 Å². The van der Waals surface area contributed by atoms with Crippen LogP contribution in [0.4, 0.5) is 25.1 Å². The van der Waals surface area contributed by atoms with Crippen LogP contribution < -0.4 is 15.4 Å². The fourth-order valence-corrected chi connectivity index (χ4v) is 7.50. The average Bonchev–Trinajstić information content (AvgIpc) is 3.84. The van der Waals surface area contributed by atoms with Gasteiger partial charge in [0.05, 0.1) is 11.9 Å². The van der Waals surface area contributed by atoms with Gasteiger partial charge < -0.3 is 29.9 Å². The third kappa shape index (κ3) is 8.94. The van der Waals surface area contributed by atoms with Crippen molar-refractivity contribution >= 4 is 29.2 Å². The number of anilines is 2. The van der Waals surface area contributed by atoms with E-state index in [4.69, 9.17) is 9.47 Å². The van der Waals surface area contributed by atoms with Crippen molar-refractivity contribution in [3.05, 3.63) is 102 Å². The van der Waals surface area contributed by atoms with Crippen molar-refractivity contribution < 1.29 is 27.8 Å². The summed E-state index contributed by atoms with van der Waals surface area (Å²) in [5.74, 6) is -0.795. The molecule has 0 bridgehead atoms. The first kappa shape index (κ1) is 38.7. The normalized spacial score (nSPS) is 16.6. The number of carbonyl (C=O) groups is 2. The lowest BCUT2D eigenvalue weighted by atomic mass is 9.95. The standard InChI is InChI=1S/C43H49F2N7O4/c1-5-30-23-31(11-12-33(30)41(53)48-24-28-15-19-50(20-16-28)26-29-17-21-51(27-29)42(54)56-43(2,3)4)49-39-40-47-25-35(52(40)22-18-46-39)34-13-14-36(38(45)37(34)44)55-32-9-7-6-8-10-32/h6-14,18,22-23,25,28-29H,5,15-17,19-21,24,26-27H2,1-4H3,(H,46,49)(H,48,53). The Hall–Kier alpha value is -5.56. The van der Waals surface area contributed by atoms with Crippen molar-refractivity contribution in [2.45, 2.75) is 59.0 Å². The lowest BCUT2D eigenvalue weighted by Crippen LogP contribution is -2.41. The van der Waals surface area contributed by atoms with Gasteiger partial charge in [0.1, 0.15) is 11.4 Å². The Balaban J connectivity index is 0.935. The van der Waals surface area contributed by atoms with E-state index in [1.54, 1.807) is 41.1 Å². The SMILES string of the molecule is CCc1cc(Nc2nccn3c(-c4ccc(Oc5ccccc5)c(F)c4F)cnc23)ccc1C(=O)NCC1CCN(CC2CCN(C(=O)OC(C)(C)C)C2)CC1. The van der Waals surface area contributed by atoms with Crippen molar-refractivity contribution in [2.75, 3.05) is 44.6 Å². The second kappa shape index (κ2) is 16.7. The molecule has 5 aromatic rings. The summed E-state index contributed by atoms with van der Waals surface area (Å²) in [4.78, 5) is 39.2. The van der Waals surface area contributed by atoms with Crippen LogP contribution in [-0.4, -0.2) is 81.0 Å². The fourth-order valence-electron chi connectivity index (χ4n) is 7.50. The Morgan fingerprint density at radius 2 is 1.70 bits per heavy atom. The molecule has 11 nitrogen and oxygen atoms in total. The second-order valence-electron chi connectivity index (χ2n) is 15.7. The number of benzene rings is 3. The minimum atomic E-state index is -1.10. The zero-order valence-electron chi connectivity index (χ0n) is 32.4. The minimum absolute atomic E-state index is 0.0269. The smallest absolute Gasteiger partial charge is 0.410 e. The molecule has 13 heteroatoms. The Morgan fingerprint density at radius 1 is 0.929 bits per heavy atom. The number of likely N-dealkylation sites (tertiary alicyclic amines) is 2. The Kier molecular flexibility index (Phi) is 11.5. The average molecular weight is 766 g/mol. The molecule has 56 heavy (non-hydrogen) atoms. The van der Waals surface area contributed by atoms with E-state index in [9.17, 15) is 9.59 Å². The number of hydrogen-bond acceptors (Lipinski definition) is 8. The maximum absolute atomic E-state index is 15.4. The van der Waals surface area contributed by atoms with Crippen LogP contribution in [0.5, 0.6) is 11.5 Å². The van der Waals surface area contributed by atoms with E-state index in [1.807, 2.05) is 56.9 Å². The summed E-state index contributed by atoms with van der Waals surface area (Å²) in [7, 11) is 0. The Bertz CT molecular complexity index is 2180. The zero-order chi connectivity index (χ0) is 39.4. The van der Waals surface area contributed by atoms with Crippen molar-refractivity contribution in [3.63, 3.8) is 0 Å². The van der Waals surface area contributed by atoms with Crippen LogP contribution in [0.3, 0.4) is 0 Å². The fraction of sp³-hybridized carbons (Fsp3) is 0.395. The van der Waals surface area contributed by atoms with Gasteiger partial charge in [-0.25, -0.2) is 19.2 Å². The zero-order valence-corrected chi connectivity index (χ0v) is 32.4. The van der Waals surface area contributed by atoms with Crippen molar-refractivity contribution in [3.8, 4) is 22.8 Å². The highest BCUT2D eigenvalue weighted by Gasteiger charge is 2.32. The number of piperidine rings is 1. The third-order valence-corrected chi connectivity index (χ3v) is 10.4. The van der Waals surface area contributed by atoms with E-state index in [0.29, 0.717) is 59.0 Å². The molecule has 3 aromatic carbocycles. The van der Waals surface area contributed by atoms with E-state index in [1.165, 1.54) is 18.3 Å². The molecule has 1 unspecified atom stereocenters. The first-order valence-electron chi connectivity index (χ1n) is 19.4. The molecular weight excluding hydrogens is 717 g/mol. The number of carbonyl (C=O) groups excluding carboxylic acids is 2. The van der Waals surface area contributed by atoms with Gasteiger partial charge in [0, 0.05) is 55.4 Å². The van der Waals surface area contributed by atoms with E-state index < -0.39 is 17.2 Å². The number of nitrogens with one attached hydrogen (secondary N) is 2. The van der Waals surface area contributed by atoms with Crippen molar-refractivity contribution in [2.24, 2.45) is 11.8 Å². The van der Waals surface area contributed by atoms with E-state index >= 15 is 8.78 Å². The molecule has 0 spiro atoms. The molecule has 7 rings (SSSR count). The number of aromatic nitrogens is 3. The highest BCUT2D eigenvalue weighted by Crippen LogP contribution is 2.34. The number of imidazole rings is 1. The lowest BCUT2D eigenvalue weighted by Gasteiger charge is -2.33. The van der Waals surface area contributed by atoms with Crippen LogP contribution in [0.2, 0.25) is 0 Å². The third-order valence-electron chi connectivity index (χ3n) is 10.4. The van der Waals surface area contributed by atoms with Gasteiger partial charge >= 0.3 is 6.09 Å². The summed E-state index contributed by atoms with van der Waals surface area (Å²) in [6, 6.07) is 17.1. The summed E-state index contributed by atoms with van der Waals surface area (Å²) in [5, 5.41) is 6.48. The number of halogens is 2. The monoisotopic (exact) mass is 765 g/mol. The molecule has 0 radical (unpaired) electrons. The summed E-state index contributed by atoms with van der Waals surface area (Å²) in [6.07, 6.45) is 8.10. The highest BCUT2D eigenvalue weighted by molar-refractivity contribution is 5.96. The van der Waals surface area contributed by atoms with Crippen LogP contribution >= 0.6 is 0 Å². The molecule has 2 aliphatic heterocycles. The molecule has 0 aliphatic carbocycles. The van der Waals surface area contributed by atoms with Crippen LogP contribution in [0, 0.1) is 23.5 Å². The van der Waals surface area contributed by atoms with E-state index in [-0.39, 0.29) is 23.3 Å². The van der Waals surface area contributed by atoms with Crippen LogP contribution in [-0.2, 0) is 11.2 Å². The molecule has 4 heterocycles. The van der Waals surface area contributed by atoms with Gasteiger partial charge in [0.25, 0.3) is 5.91 Å². The molecule has 294 valence electrons. The molecule has 2 aliphatic rings. The molecule has 2 fully saturated rings. The van der Waals surface area contributed by atoms with Gasteiger partial charge in [0.2, 0.25) is 5.82 Å². The number of nitrogens with zero attached hydrogens (tertiary/aromatic N) is 5. The van der Waals surface area contributed by atoms with Gasteiger partial charge in [-0.1, -0.05) is 25.1 Å². The number of ether oxygens (including phenoxy) is 2. The number of aryl methyl sites for hydroxylation is 1. The van der Waals surface area contributed by atoms with Gasteiger partial charge in [-0.15, -0.1) is 0 Å². The van der Waals surface area contributed by atoms with Crippen molar-refractivity contribution in [1.29, 1.82) is 0 Å². The van der Waals surface area contributed by atoms with E-state index in [2.05, 4.69) is 25.5 Å². The molecule has 1 atom stereocenters. The summed E-state index contributed by atoms with van der Waals surface area (Å²) in [6.45, 7) is 12.7. The molecule has 2 aromatic heterocycles. The quantitative estimate of drug-likeness (QED) is 0.138. The summed E-state index contributed by atoms with van der Waals surface area (Å²) < 4.78 is 43.3. The van der Waals surface area contributed by atoms with Crippen LogP contribution in [0.1, 0.15) is 62.9 Å². The van der Waals surface area contributed by atoms with Crippen LogP contribution in [0.15, 0.2) is 79.3 Å². The highest BCUT2D eigenvalue weighted by atomic mass is 19.2. The van der Waals surface area contributed by atoms with Crippen molar-refractivity contribution in [1.82, 2.24) is 29.5 Å². The Labute approximate surface area is 326 Å². The predicted molar refractivity (Wildman–Crippen MR) is 211 cm³/mol. The maximum atomic E-state index is 15.4. The molecule has 2 N–H and O–H groups in total. The number of amides is 2. The summed E-state index contributed by atoms with van der Waals surface area (Å²) >= 11 is 0. The molecule has 2 saturated heterocycles. The largest absolute Gasteiger partial charge is 0.454 e. The first-order chi connectivity index (χ1) is 27.0. The Morgan fingerprint density at radius 3 is 2.45 bits per heavy atom. The first-order valence-corrected chi connectivity index (χ1v) is 19.4. The number of para-hydroxylation sites is 1. The van der Waals surface area contributed by atoms with Gasteiger partial charge in [-0.05, 0) is 119 Å². The van der Waals surface area contributed by atoms with Gasteiger partial charge in [-0.3, -0.25) is 9.20 Å². The topological polar surface area (TPSA) is 113 Å². The number of fused-ring (bicyclic) bond motifs is 1. The maximum Gasteiger partial charge on any atom is 0.410 e. The summed E-state index contributed by atoms with van der Waals surface area (Å²) in [5.41, 5.74) is 2.52. The van der Waals surface area contributed by atoms with Crippen LogP contribution in [0.25, 0.3) is 16.9 Å². The molecule has 2 amide bonds. The van der Waals surface area contributed by atoms with Gasteiger partial charge in [-0.2, -0.15) is 4.39 Å². The minimum Gasteiger partial charge on any atom is -0.454 e. The predicted octanol–water partition coefficient (Wildman–Crippen LogP) is 8.47. The molecule has 0 saturated carbocycles.